The molecule has 3 heterocycles. The van der Waals surface area contributed by atoms with Gasteiger partial charge in [0, 0.05) is 33.3 Å². The number of primary amides is 1. The Balaban J connectivity index is 2.01. The molecule has 1 atom stereocenters. The van der Waals surface area contributed by atoms with Gasteiger partial charge in [-0.25, -0.2) is 13.4 Å². The number of likely N-dealkylation sites (N-methyl/N-ethyl adjacent to an activating group) is 1. The lowest BCUT2D eigenvalue weighted by molar-refractivity contribution is 0.0993. The highest BCUT2D eigenvalue weighted by Gasteiger charge is 2.31. The topological polar surface area (TPSA) is 162 Å². The molecule has 1 aliphatic rings. The Labute approximate surface area is 223 Å². The average molecular weight is 552 g/mol. The summed E-state index contributed by atoms with van der Waals surface area (Å²) in [5.41, 5.74) is 6.10. The van der Waals surface area contributed by atoms with Crippen molar-refractivity contribution in [3.05, 3.63) is 29.2 Å². The lowest BCUT2D eigenvalue weighted by Crippen LogP contribution is -2.48. The summed E-state index contributed by atoms with van der Waals surface area (Å²) in [6.45, 7) is 10.8. The molecule has 1 saturated heterocycles. The van der Waals surface area contributed by atoms with Crippen LogP contribution >= 0.6 is 0 Å². The van der Waals surface area contributed by atoms with Crippen LogP contribution in [0.15, 0.2) is 17.2 Å². The Morgan fingerprint density at radius 2 is 1.87 bits per heavy atom. The molecule has 1 fully saturated rings. The fourth-order valence-electron chi connectivity index (χ4n) is 4.39. The molecule has 3 N–H and O–H groups in total. The van der Waals surface area contributed by atoms with Gasteiger partial charge in [0.15, 0.2) is 5.69 Å². The second-order valence-electron chi connectivity index (χ2n) is 8.89. The van der Waals surface area contributed by atoms with Crippen LogP contribution in [0.2, 0.25) is 0 Å². The van der Waals surface area contributed by atoms with Gasteiger partial charge in [-0.15, -0.1) is 0 Å². The number of carbonyl (C=O) groups excluding carboxylic acids is 2. The van der Waals surface area contributed by atoms with E-state index in [1.165, 1.54) is 16.6 Å². The van der Waals surface area contributed by atoms with Crippen molar-refractivity contribution >= 4 is 27.5 Å². The van der Waals surface area contributed by atoms with E-state index in [0.717, 1.165) is 6.54 Å². The van der Waals surface area contributed by atoms with E-state index in [2.05, 4.69) is 20.3 Å². The number of nitrogens with two attached hydrogens (primary N) is 1. The van der Waals surface area contributed by atoms with E-state index >= 15 is 0 Å². The molecule has 38 heavy (non-hydrogen) atoms. The van der Waals surface area contributed by atoms with E-state index < -0.39 is 21.8 Å². The lowest BCUT2D eigenvalue weighted by Gasteiger charge is -2.33. The molecule has 0 spiro atoms. The maximum atomic E-state index is 13.5. The summed E-state index contributed by atoms with van der Waals surface area (Å²) in [5, 5.41) is 7.05. The van der Waals surface area contributed by atoms with E-state index in [-0.39, 0.29) is 40.4 Å². The van der Waals surface area contributed by atoms with Crippen molar-refractivity contribution in [3.8, 4) is 5.88 Å². The highest BCUT2D eigenvalue weighted by atomic mass is 32.2. The van der Waals surface area contributed by atoms with Crippen molar-refractivity contribution < 1.29 is 27.5 Å². The molecule has 0 radical (unpaired) electrons. The van der Waals surface area contributed by atoms with Crippen LogP contribution in [0, 0.1) is 0 Å². The number of amides is 2. The van der Waals surface area contributed by atoms with Crippen LogP contribution < -0.4 is 15.8 Å². The molecule has 0 bridgehead atoms. The number of aromatic nitrogens is 3. The SMILES string of the molecule is CCOc1ncc(S(=O)(=O)N2CCN(CC)CC2)cc1C(=O)Nc1c(C(N)=O)nn(C(C)COC)c1CC. The van der Waals surface area contributed by atoms with Crippen LogP contribution in [-0.2, 0) is 21.2 Å². The predicted molar refractivity (Wildman–Crippen MR) is 141 cm³/mol. The van der Waals surface area contributed by atoms with Gasteiger partial charge in [-0.3, -0.25) is 14.3 Å². The third kappa shape index (κ3) is 6.14. The Kier molecular flexibility index (Phi) is 9.82. The van der Waals surface area contributed by atoms with Gasteiger partial charge in [0.1, 0.15) is 10.5 Å². The van der Waals surface area contributed by atoms with Crippen LogP contribution in [0.5, 0.6) is 5.88 Å². The van der Waals surface area contributed by atoms with Gasteiger partial charge in [-0.2, -0.15) is 9.40 Å². The molecule has 0 saturated carbocycles. The number of rotatable bonds is 12. The van der Waals surface area contributed by atoms with Gasteiger partial charge in [0.25, 0.3) is 11.8 Å². The maximum Gasteiger partial charge on any atom is 0.271 e. The van der Waals surface area contributed by atoms with Crippen molar-refractivity contribution in [2.45, 2.75) is 45.1 Å². The number of hydrogen-bond acceptors (Lipinski definition) is 9. The molecule has 2 aromatic rings. The van der Waals surface area contributed by atoms with Gasteiger partial charge < -0.3 is 25.4 Å². The zero-order chi connectivity index (χ0) is 28.0. The third-order valence-electron chi connectivity index (χ3n) is 6.41. The summed E-state index contributed by atoms with van der Waals surface area (Å²) in [5.74, 6) is -1.55. The fourth-order valence-corrected chi connectivity index (χ4v) is 5.79. The normalized spacial score (nSPS) is 15.8. The van der Waals surface area contributed by atoms with E-state index in [1.807, 2.05) is 20.8 Å². The summed E-state index contributed by atoms with van der Waals surface area (Å²) in [6, 6.07) is 1.02. The highest BCUT2D eigenvalue weighted by Crippen LogP contribution is 2.28. The van der Waals surface area contributed by atoms with Crippen molar-refractivity contribution in [1.29, 1.82) is 0 Å². The predicted octanol–water partition coefficient (Wildman–Crippen LogP) is 1.12. The number of nitrogens with zero attached hydrogens (tertiary/aromatic N) is 5. The number of anilines is 1. The van der Waals surface area contributed by atoms with Gasteiger partial charge in [0.05, 0.1) is 36.8 Å². The van der Waals surface area contributed by atoms with E-state index in [9.17, 15) is 18.0 Å². The lowest BCUT2D eigenvalue weighted by atomic mass is 10.2. The number of piperazine rings is 1. The van der Waals surface area contributed by atoms with Crippen molar-refractivity contribution in [2.75, 3.05) is 58.4 Å². The molecule has 13 nitrogen and oxygen atoms in total. The van der Waals surface area contributed by atoms with E-state index in [1.54, 1.807) is 18.7 Å². The Bertz CT molecular complexity index is 1260. The first kappa shape index (κ1) is 29.5. The molecule has 3 rings (SSSR count). The van der Waals surface area contributed by atoms with Crippen LogP contribution in [0.4, 0.5) is 5.69 Å². The monoisotopic (exact) mass is 551 g/mol. The summed E-state index contributed by atoms with van der Waals surface area (Å²) < 4.78 is 40.5. The summed E-state index contributed by atoms with van der Waals surface area (Å²) in [6.07, 6.45) is 1.62. The van der Waals surface area contributed by atoms with Crippen molar-refractivity contribution in [2.24, 2.45) is 5.73 Å². The number of ether oxygens (including phenoxy) is 2. The Morgan fingerprint density at radius 1 is 1.18 bits per heavy atom. The molecule has 2 amide bonds. The van der Waals surface area contributed by atoms with Crippen LogP contribution in [0.25, 0.3) is 0 Å². The van der Waals surface area contributed by atoms with Crippen molar-refractivity contribution in [3.63, 3.8) is 0 Å². The minimum absolute atomic E-state index is 0.0291. The molecule has 210 valence electrons. The zero-order valence-corrected chi connectivity index (χ0v) is 23.4. The van der Waals surface area contributed by atoms with Gasteiger partial charge in [-0.1, -0.05) is 13.8 Å². The number of carbonyl (C=O) groups is 2. The first-order valence-corrected chi connectivity index (χ1v) is 14.1. The number of methoxy groups -OCH3 is 1. The molecule has 0 aliphatic carbocycles. The maximum absolute atomic E-state index is 13.5. The van der Waals surface area contributed by atoms with Crippen molar-refractivity contribution in [1.82, 2.24) is 24.0 Å². The Hall–Kier alpha value is -3.07. The molecule has 0 aromatic carbocycles. The molecule has 1 unspecified atom stereocenters. The van der Waals surface area contributed by atoms with Gasteiger partial charge in [0.2, 0.25) is 15.9 Å². The standard InChI is InChI=1S/C24H37N7O6S/c1-6-19-20(21(22(25)32)28-31(19)16(4)15-36-5)27-23(33)18-13-17(14-26-24(18)37-8-3)38(34,35)30-11-9-29(7-2)10-12-30/h13-14,16H,6-12,15H2,1-5H3,(H2,25,32)(H,27,33). The second kappa shape index (κ2) is 12.7. The van der Waals surface area contributed by atoms with Gasteiger partial charge >= 0.3 is 0 Å². The number of sulfonamides is 1. The molecule has 14 heteroatoms. The second-order valence-corrected chi connectivity index (χ2v) is 10.8. The highest BCUT2D eigenvalue weighted by molar-refractivity contribution is 7.89. The minimum Gasteiger partial charge on any atom is -0.477 e. The molecule has 2 aromatic heterocycles. The number of nitrogens with one attached hydrogen (secondary N) is 1. The molecular formula is C24H37N7O6S. The average Bonchev–Trinajstić information content (AvgIpc) is 3.27. The summed E-state index contributed by atoms with van der Waals surface area (Å²) >= 11 is 0. The third-order valence-corrected chi connectivity index (χ3v) is 8.27. The van der Waals surface area contributed by atoms with E-state index in [0.29, 0.717) is 44.9 Å². The van der Waals surface area contributed by atoms with Crippen LogP contribution in [0.3, 0.4) is 0 Å². The zero-order valence-electron chi connectivity index (χ0n) is 22.6. The minimum atomic E-state index is -3.90. The Morgan fingerprint density at radius 3 is 2.42 bits per heavy atom. The first-order valence-electron chi connectivity index (χ1n) is 12.7. The fraction of sp³-hybridized carbons (Fsp3) is 0.583. The van der Waals surface area contributed by atoms with Gasteiger partial charge in [-0.05, 0) is 32.9 Å². The first-order chi connectivity index (χ1) is 18.1. The summed E-state index contributed by atoms with van der Waals surface area (Å²) in [7, 11) is -2.35. The number of pyridine rings is 1. The number of hydrogen-bond donors (Lipinski definition) is 2. The molecule has 1 aliphatic heterocycles. The summed E-state index contributed by atoms with van der Waals surface area (Å²) in [4.78, 5) is 31.9. The van der Waals surface area contributed by atoms with Crippen LogP contribution in [-0.4, -0.2) is 97.2 Å². The van der Waals surface area contributed by atoms with E-state index in [4.69, 9.17) is 15.2 Å². The quantitative estimate of drug-likeness (QED) is 0.394. The smallest absolute Gasteiger partial charge is 0.271 e. The largest absolute Gasteiger partial charge is 0.477 e. The molecular weight excluding hydrogens is 514 g/mol. The van der Waals surface area contributed by atoms with Crippen LogP contribution in [0.1, 0.15) is 60.3 Å².